The first-order chi connectivity index (χ1) is 5.92. The zero-order valence-electron chi connectivity index (χ0n) is 8.41. The average Bonchev–Trinajstić information content (AvgIpc) is 1.93. The third-order valence-electron chi connectivity index (χ3n) is 1.70. The second kappa shape index (κ2) is 6.34. The Bertz CT molecular complexity index is 212. The highest BCUT2D eigenvalue weighted by atomic mass is 32.2. The third-order valence-corrected chi connectivity index (χ3v) is 2.47. The van der Waals surface area contributed by atoms with Crippen LogP contribution in [0.1, 0.15) is 26.7 Å². The van der Waals surface area contributed by atoms with Gasteiger partial charge in [-0.2, -0.15) is 0 Å². The number of rotatable bonds is 7. The van der Waals surface area contributed by atoms with Crippen LogP contribution < -0.4 is 10.5 Å². The van der Waals surface area contributed by atoms with Crippen LogP contribution in [0.15, 0.2) is 0 Å². The van der Waals surface area contributed by atoms with E-state index in [0.717, 1.165) is 13.0 Å². The van der Waals surface area contributed by atoms with Gasteiger partial charge in [-0.15, -0.1) is 0 Å². The highest BCUT2D eigenvalue weighted by molar-refractivity contribution is 7.89. The Labute approximate surface area is 80.9 Å². The summed E-state index contributed by atoms with van der Waals surface area (Å²) < 4.78 is 21.0. The summed E-state index contributed by atoms with van der Waals surface area (Å²) in [5.41, 5.74) is 0. The van der Waals surface area contributed by atoms with Gasteiger partial charge in [0, 0.05) is 6.54 Å². The maximum absolute atomic E-state index is 10.5. The van der Waals surface area contributed by atoms with Gasteiger partial charge in [-0.05, 0) is 25.3 Å². The Morgan fingerprint density at radius 1 is 1.31 bits per heavy atom. The summed E-state index contributed by atoms with van der Waals surface area (Å²) in [6.07, 6.45) is 2.25. The monoisotopic (exact) mass is 208 g/mol. The van der Waals surface area contributed by atoms with Gasteiger partial charge in [0.15, 0.2) is 0 Å². The van der Waals surface area contributed by atoms with Crippen molar-refractivity contribution in [3.05, 3.63) is 0 Å². The van der Waals surface area contributed by atoms with E-state index in [1.165, 1.54) is 6.42 Å². The second-order valence-corrected chi connectivity index (χ2v) is 5.39. The number of sulfonamides is 1. The van der Waals surface area contributed by atoms with E-state index in [1.54, 1.807) is 0 Å². The van der Waals surface area contributed by atoms with E-state index in [-0.39, 0.29) is 5.75 Å². The number of nitrogens with one attached hydrogen (secondary N) is 1. The van der Waals surface area contributed by atoms with Crippen molar-refractivity contribution in [2.24, 2.45) is 11.1 Å². The SMILES string of the molecule is CC(C)CCCNCCS(N)(=O)=O. The van der Waals surface area contributed by atoms with Gasteiger partial charge in [-0.1, -0.05) is 13.8 Å². The van der Waals surface area contributed by atoms with E-state index >= 15 is 0 Å². The lowest BCUT2D eigenvalue weighted by Crippen LogP contribution is -2.27. The molecule has 0 radical (unpaired) electrons. The molecule has 0 heterocycles. The molecule has 0 aliphatic rings. The molecule has 0 atom stereocenters. The molecule has 0 saturated carbocycles. The van der Waals surface area contributed by atoms with E-state index in [1.807, 2.05) is 0 Å². The quantitative estimate of drug-likeness (QED) is 0.591. The van der Waals surface area contributed by atoms with Crippen LogP contribution in [0.4, 0.5) is 0 Å². The van der Waals surface area contributed by atoms with E-state index < -0.39 is 10.0 Å². The molecule has 13 heavy (non-hydrogen) atoms. The third kappa shape index (κ3) is 11.9. The molecule has 0 saturated heterocycles. The first kappa shape index (κ1) is 12.9. The van der Waals surface area contributed by atoms with Crippen molar-refractivity contribution in [2.75, 3.05) is 18.8 Å². The van der Waals surface area contributed by atoms with Crippen LogP contribution in [-0.2, 0) is 10.0 Å². The molecule has 80 valence electrons. The number of hydrogen-bond acceptors (Lipinski definition) is 3. The van der Waals surface area contributed by atoms with E-state index in [4.69, 9.17) is 5.14 Å². The first-order valence-electron chi connectivity index (χ1n) is 4.63. The summed E-state index contributed by atoms with van der Waals surface area (Å²) in [5, 5.41) is 7.87. The first-order valence-corrected chi connectivity index (χ1v) is 6.34. The predicted molar refractivity (Wildman–Crippen MR) is 54.9 cm³/mol. The zero-order chi connectivity index (χ0) is 10.3. The molecule has 3 N–H and O–H groups in total. The van der Waals surface area contributed by atoms with Crippen molar-refractivity contribution in [1.82, 2.24) is 5.32 Å². The molecule has 5 heteroatoms. The van der Waals surface area contributed by atoms with Crippen LogP contribution in [0, 0.1) is 5.92 Å². The van der Waals surface area contributed by atoms with Crippen LogP contribution in [-0.4, -0.2) is 27.3 Å². The summed E-state index contributed by atoms with van der Waals surface area (Å²) >= 11 is 0. The van der Waals surface area contributed by atoms with Gasteiger partial charge in [0.05, 0.1) is 5.75 Å². The molecule has 0 unspecified atom stereocenters. The Morgan fingerprint density at radius 2 is 1.92 bits per heavy atom. The standard InChI is InChI=1S/C8H20N2O2S/c1-8(2)4-3-5-10-6-7-13(9,11)12/h8,10H,3-7H2,1-2H3,(H2,9,11,12). The topological polar surface area (TPSA) is 72.2 Å². The highest BCUT2D eigenvalue weighted by Gasteiger charge is 2.00. The lowest BCUT2D eigenvalue weighted by atomic mass is 10.1. The maximum Gasteiger partial charge on any atom is 0.210 e. The van der Waals surface area contributed by atoms with Gasteiger partial charge in [0.1, 0.15) is 0 Å². The van der Waals surface area contributed by atoms with E-state index in [2.05, 4.69) is 19.2 Å². The largest absolute Gasteiger partial charge is 0.316 e. The fourth-order valence-electron chi connectivity index (χ4n) is 0.975. The molecule has 0 bridgehead atoms. The van der Waals surface area contributed by atoms with Crippen LogP contribution >= 0.6 is 0 Å². The number of primary sulfonamides is 1. The minimum absolute atomic E-state index is 0.0225. The van der Waals surface area contributed by atoms with Gasteiger partial charge >= 0.3 is 0 Å². The zero-order valence-corrected chi connectivity index (χ0v) is 9.23. The number of hydrogen-bond donors (Lipinski definition) is 2. The highest BCUT2D eigenvalue weighted by Crippen LogP contribution is 2.01. The molecule has 0 aliphatic carbocycles. The van der Waals surface area contributed by atoms with Crippen molar-refractivity contribution in [3.8, 4) is 0 Å². The molecular formula is C8H20N2O2S. The Hall–Kier alpha value is -0.130. The summed E-state index contributed by atoms with van der Waals surface area (Å²) in [5.74, 6) is 0.731. The maximum atomic E-state index is 10.5. The summed E-state index contributed by atoms with van der Waals surface area (Å²) in [6, 6.07) is 0. The second-order valence-electron chi connectivity index (χ2n) is 3.65. The van der Waals surface area contributed by atoms with Gasteiger partial charge in [-0.3, -0.25) is 0 Å². The summed E-state index contributed by atoms with van der Waals surface area (Å²) in [6.45, 7) is 5.67. The molecule has 0 amide bonds. The Kier molecular flexibility index (Phi) is 6.28. The molecule has 0 aromatic heterocycles. The van der Waals surface area contributed by atoms with Crippen molar-refractivity contribution in [1.29, 1.82) is 0 Å². The van der Waals surface area contributed by atoms with Gasteiger partial charge in [0.25, 0.3) is 0 Å². The number of nitrogens with two attached hydrogens (primary N) is 1. The summed E-state index contributed by atoms with van der Waals surface area (Å²) in [4.78, 5) is 0. The fraction of sp³-hybridized carbons (Fsp3) is 1.00. The van der Waals surface area contributed by atoms with Crippen LogP contribution in [0.25, 0.3) is 0 Å². The van der Waals surface area contributed by atoms with Crippen LogP contribution in [0.3, 0.4) is 0 Å². The molecule has 0 aliphatic heterocycles. The van der Waals surface area contributed by atoms with Crippen molar-refractivity contribution in [3.63, 3.8) is 0 Å². The fourth-order valence-corrected chi connectivity index (χ4v) is 1.40. The van der Waals surface area contributed by atoms with E-state index in [9.17, 15) is 8.42 Å². The molecule has 0 aromatic carbocycles. The normalized spacial score (nSPS) is 12.3. The molecule has 4 nitrogen and oxygen atoms in total. The Morgan fingerprint density at radius 3 is 2.38 bits per heavy atom. The average molecular weight is 208 g/mol. The van der Waals surface area contributed by atoms with Crippen LogP contribution in [0.5, 0.6) is 0 Å². The minimum Gasteiger partial charge on any atom is -0.316 e. The predicted octanol–water partition coefficient (Wildman–Crippen LogP) is 0.301. The van der Waals surface area contributed by atoms with Crippen molar-refractivity contribution < 1.29 is 8.42 Å². The smallest absolute Gasteiger partial charge is 0.210 e. The molecule has 0 spiro atoms. The lowest BCUT2D eigenvalue weighted by Gasteiger charge is -2.05. The van der Waals surface area contributed by atoms with Gasteiger partial charge in [-0.25, -0.2) is 13.6 Å². The molecule has 0 rings (SSSR count). The van der Waals surface area contributed by atoms with Crippen molar-refractivity contribution >= 4 is 10.0 Å². The van der Waals surface area contributed by atoms with Crippen molar-refractivity contribution in [2.45, 2.75) is 26.7 Å². The molecule has 0 aromatic rings. The lowest BCUT2D eigenvalue weighted by molar-refractivity contribution is 0.531. The van der Waals surface area contributed by atoms with Gasteiger partial charge in [0.2, 0.25) is 10.0 Å². The van der Waals surface area contributed by atoms with Crippen LogP contribution in [0.2, 0.25) is 0 Å². The minimum atomic E-state index is -3.29. The Balaban J connectivity index is 3.18. The summed E-state index contributed by atoms with van der Waals surface area (Å²) in [7, 11) is -3.29. The molecular weight excluding hydrogens is 188 g/mol. The van der Waals surface area contributed by atoms with E-state index in [0.29, 0.717) is 12.5 Å². The van der Waals surface area contributed by atoms with Gasteiger partial charge < -0.3 is 5.32 Å². The molecule has 0 fully saturated rings.